The summed E-state index contributed by atoms with van der Waals surface area (Å²) in [6.07, 6.45) is -0.411. The molecule has 2 aromatic rings. The molecule has 2 aliphatic rings. The molecule has 4 rings (SSSR count). The highest BCUT2D eigenvalue weighted by molar-refractivity contribution is 6.09. The van der Waals surface area contributed by atoms with Gasteiger partial charge in [-0.05, 0) is 37.6 Å². The van der Waals surface area contributed by atoms with Crippen molar-refractivity contribution in [2.24, 2.45) is 0 Å². The molecule has 0 fully saturated rings. The molecule has 0 N–H and O–H groups in total. The van der Waals surface area contributed by atoms with Crippen LogP contribution in [-0.2, 0) is 9.59 Å². The normalized spacial score (nSPS) is 17.2. The van der Waals surface area contributed by atoms with Gasteiger partial charge in [-0.15, -0.1) is 0 Å². The molecule has 1 atom stereocenters. The summed E-state index contributed by atoms with van der Waals surface area (Å²) in [4.78, 5) is 51.6. The first kappa shape index (κ1) is 21.3. The number of ether oxygens (including phenoxy) is 2. The van der Waals surface area contributed by atoms with Crippen molar-refractivity contribution in [2.45, 2.75) is 26.4 Å². The molecule has 10 heteroatoms. The van der Waals surface area contributed by atoms with E-state index in [4.69, 9.17) is 9.47 Å². The Morgan fingerprint density at radius 2 is 1.81 bits per heavy atom. The topological polar surface area (TPSA) is 119 Å². The van der Waals surface area contributed by atoms with Crippen molar-refractivity contribution in [3.8, 4) is 11.5 Å². The highest BCUT2D eigenvalue weighted by Gasteiger charge is 2.36. The van der Waals surface area contributed by atoms with Crippen LogP contribution in [0.2, 0.25) is 0 Å². The van der Waals surface area contributed by atoms with E-state index in [0.29, 0.717) is 35.7 Å². The number of rotatable bonds is 6. The summed E-state index contributed by atoms with van der Waals surface area (Å²) in [5, 5.41) is 11.2. The lowest BCUT2D eigenvalue weighted by molar-refractivity contribution is -0.384. The lowest BCUT2D eigenvalue weighted by Gasteiger charge is -2.33. The second kappa shape index (κ2) is 8.29. The van der Waals surface area contributed by atoms with Crippen LogP contribution in [0.25, 0.3) is 0 Å². The molecule has 0 aromatic heterocycles. The molecule has 0 saturated carbocycles. The van der Waals surface area contributed by atoms with Crippen LogP contribution in [0.5, 0.6) is 11.5 Å². The first-order valence-electron chi connectivity index (χ1n) is 10.2. The summed E-state index contributed by atoms with van der Waals surface area (Å²) in [6, 6.07) is 8.70. The number of nitrogens with zero attached hydrogens (tertiary/aromatic N) is 3. The number of hydrogen-bond acceptors (Lipinski definition) is 7. The van der Waals surface area contributed by atoms with Crippen molar-refractivity contribution in [1.29, 1.82) is 0 Å². The fraction of sp³-hybridized carbons (Fsp3) is 0.318. The van der Waals surface area contributed by atoms with Gasteiger partial charge in [-0.3, -0.25) is 29.4 Å². The Kier molecular flexibility index (Phi) is 5.52. The van der Waals surface area contributed by atoms with E-state index in [1.54, 1.807) is 25.1 Å². The van der Waals surface area contributed by atoms with Crippen LogP contribution < -0.4 is 19.3 Å². The number of non-ortho nitro benzene ring substituents is 1. The average molecular weight is 439 g/mol. The lowest BCUT2D eigenvalue weighted by Crippen LogP contribution is -2.47. The van der Waals surface area contributed by atoms with Gasteiger partial charge in [0.05, 0.1) is 22.8 Å². The van der Waals surface area contributed by atoms with Crippen LogP contribution >= 0.6 is 0 Å². The third-order valence-electron chi connectivity index (χ3n) is 5.47. The number of carbonyl (C=O) groups is 3. The molecule has 0 saturated heterocycles. The molecule has 2 amide bonds. The van der Waals surface area contributed by atoms with E-state index in [2.05, 4.69) is 0 Å². The van der Waals surface area contributed by atoms with Crippen LogP contribution in [0, 0.1) is 10.1 Å². The van der Waals surface area contributed by atoms with Gasteiger partial charge in [0.2, 0.25) is 0 Å². The molecule has 10 nitrogen and oxygen atoms in total. The van der Waals surface area contributed by atoms with Crippen molar-refractivity contribution in [2.75, 3.05) is 29.5 Å². The second-order valence-corrected chi connectivity index (χ2v) is 7.38. The highest BCUT2D eigenvalue weighted by atomic mass is 16.6. The maximum absolute atomic E-state index is 13.1. The molecule has 2 aromatic carbocycles. The third-order valence-corrected chi connectivity index (χ3v) is 5.47. The maximum atomic E-state index is 13.1. The highest BCUT2D eigenvalue weighted by Crippen LogP contribution is 2.38. The molecule has 0 bridgehead atoms. The summed E-state index contributed by atoms with van der Waals surface area (Å²) in [7, 11) is 0. The average Bonchev–Trinajstić information content (AvgIpc) is 2.79. The number of amides is 2. The van der Waals surface area contributed by atoms with Gasteiger partial charge >= 0.3 is 0 Å². The molecular weight excluding hydrogens is 418 g/mol. The summed E-state index contributed by atoms with van der Waals surface area (Å²) in [5.41, 5.74) is 0.745. The minimum atomic E-state index is -0.790. The second-order valence-electron chi connectivity index (χ2n) is 7.38. The van der Waals surface area contributed by atoms with E-state index in [-0.39, 0.29) is 36.2 Å². The van der Waals surface area contributed by atoms with Gasteiger partial charge < -0.3 is 14.4 Å². The number of nitro benzene ring substituents is 1. The minimum Gasteiger partial charge on any atom is -0.482 e. The predicted octanol–water partition coefficient (Wildman–Crippen LogP) is 2.73. The Labute approximate surface area is 183 Å². The van der Waals surface area contributed by atoms with E-state index in [1.807, 2.05) is 6.92 Å². The molecule has 0 radical (unpaired) electrons. The fourth-order valence-electron chi connectivity index (χ4n) is 3.80. The van der Waals surface area contributed by atoms with Crippen LogP contribution in [0.3, 0.4) is 0 Å². The van der Waals surface area contributed by atoms with Crippen LogP contribution in [0.4, 0.5) is 17.1 Å². The lowest BCUT2D eigenvalue weighted by atomic mass is 10.1. The van der Waals surface area contributed by atoms with Gasteiger partial charge in [-0.2, -0.15) is 0 Å². The Hall–Kier alpha value is -3.95. The Morgan fingerprint density at radius 3 is 2.50 bits per heavy atom. The molecular formula is C22H21N3O7. The van der Waals surface area contributed by atoms with Crippen molar-refractivity contribution in [1.82, 2.24) is 0 Å². The predicted molar refractivity (Wildman–Crippen MR) is 114 cm³/mol. The number of likely N-dealkylation sites (N-methyl/N-ethyl adjacent to an activating group) is 1. The summed E-state index contributed by atoms with van der Waals surface area (Å²) < 4.78 is 11.1. The van der Waals surface area contributed by atoms with Crippen molar-refractivity contribution >= 4 is 34.7 Å². The van der Waals surface area contributed by atoms with E-state index in [0.717, 1.165) is 0 Å². The minimum absolute atomic E-state index is 0.0651. The fourth-order valence-corrected chi connectivity index (χ4v) is 3.80. The zero-order valence-electron chi connectivity index (χ0n) is 17.6. The van der Waals surface area contributed by atoms with Crippen molar-refractivity contribution in [3.63, 3.8) is 0 Å². The number of anilines is 2. The largest absolute Gasteiger partial charge is 0.482 e. The van der Waals surface area contributed by atoms with E-state index in [9.17, 15) is 24.5 Å². The number of ketones is 1. The first-order valence-corrected chi connectivity index (χ1v) is 10.2. The SMILES string of the molecule is CCC1Oc2ccc([N+](=O)[O-])cc2N(CC(=O)c2ccc3c(c2)N(CC)C(=O)CO3)C1=O. The molecule has 2 heterocycles. The molecule has 166 valence electrons. The monoisotopic (exact) mass is 439 g/mol. The zero-order valence-corrected chi connectivity index (χ0v) is 17.6. The molecule has 1 unspecified atom stereocenters. The van der Waals surface area contributed by atoms with E-state index in [1.165, 1.54) is 28.0 Å². The van der Waals surface area contributed by atoms with Crippen molar-refractivity contribution in [3.05, 3.63) is 52.1 Å². The molecule has 2 aliphatic heterocycles. The summed E-state index contributed by atoms with van der Waals surface area (Å²) in [5.74, 6) is -0.237. The summed E-state index contributed by atoms with van der Waals surface area (Å²) in [6.45, 7) is 3.63. The molecule has 0 spiro atoms. The number of nitro groups is 1. The van der Waals surface area contributed by atoms with Gasteiger partial charge in [-0.1, -0.05) is 6.92 Å². The number of fused-ring (bicyclic) bond motifs is 2. The summed E-state index contributed by atoms with van der Waals surface area (Å²) >= 11 is 0. The standard InChI is InChI=1S/C22H21N3O7/c1-3-18-22(28)24(16-10-14(25(29)30)6-8-20(16)32-18)11-17(26)13-5-7-19-15(9-13)23(4-2)21(27)12-31-19/h5-10,18H,3-4,11-12H2,1-2H3. The number of benzene rings is 2. The maximum Gasteiger partial charge on any atom is 0.271 e. The van der Waals surface area contributed by atoms with Crippen molar-refractivity contribution < 1.29 is 28.8 Å². The molecule has 0 aliphatic carbocycles. The van der Waals surface area contributed by atoms with Crippen LogP contribution in [0.15, 0.2) is 36.4 Å². The molecule has 32 heavy (non-hydrogen) atoms. The Morgan fingerprint density at radius 1 is 1.09 bits per heavy atom. The zero-order chi connectivity index (χ0) is 23.0. The Balaban J connectivity index is 1.68. The van der Waals surface area contributed by atoms with Gasteiger partial charge in [0, 0.05) is 24.2 Å². The quantitative estimate of drug-likeness (QED) is 0.386. The first-order chi connectivity index (χ1) is 15.3. The number of hydrogen-bond donors (Lipinski definition) is 0. The van der Waals surface area contributed by atoms with Crippen LogP contribution in [-0.4, -0.2) is 48.3 Å². The van der Waals surface area contributed by atoms with Crippen LogP contribution in [0.1, 0.15) is 30.6 Å². The number of carbonyl (C=O) groups excluding carboxylic acids is 3. The van der Waals surface area contributed by atoms with Gasteiger partial charge in [-0.25, -0.2) is 0 Å². The smallest absolute Gasteiger partial charge is 0.271 e. The van der Waals surface area contributed by atoms with Gasteiger partial charge in [0.1, 0.15) is 11.5 Å². The third kappa shape index (κ3) is 3.64. The van der Waals surface area contributed by atoms with E-state index < -0.39 is 16.9 Å². The van der Waals surface area contributed by atoms with Gasteiger partial charge in [0.15, 0.2) is 18.5 Å². The van der Waals surface area contributed by atoms with Gasteiger partial charge in [0.25, 0.3) is 17.5 Å². The number of Topliss-reactive ketones (excluding diaryl/α,β-unsaturated/α-hetero) is 1. The Bertz CT molecular complexity index is 1130. The van der Waals surface area contributed by atoms with E-state index >= 15 is 0 Å².